The zero-order valence-corrected chi connectivity index (χ0v) is 12.5. The number of methoxy groups -OCH3 is 1. The van der Waals surface area contributed by atoms with Crippen LogP contribution in [-0.2, 0) is 9.53 Å². The molecule has 1 heterocycles. The highest BCUT2D eigenvalue weighted by Crippen LogP contribution is 2.45. The molecule has 2 fully saturated rings. The van der Waals surface area contributed by atoms with E-state index in [1.54, 1.807) is 0 Å². The van der Waals surface area contributed by atoms with Gasteiger partial charge >= 0.3 is 5.97 Å². The second-order valence-electron chi connectivity index (χ2n) is 6.03. The summed E-state index contributed by atoms with van der Waals surface area (Å²) in [5.74, 6) is 1.67. The standard InChI is InChI=1S/C17H23NO3/c1-20-17(19)10-16(12-5-6-12)13-3-2-4-14(9-13)21-15-7-8-18-11-15/h2-4,9,12,15-16,18H,5-8,10-11H2,1H3. The Labute approximate surface area is 125 Å². The topological polar surface area (TPSA) is 47.6 Å². The normalized spacial score (nSPS) is 22.8. The van der Waals surface area contributed by atoms with E-state index < -0.39 is 0 Å². The Hall–Kier alpha value is -1.55. The number of hydrogen-bond donors (Lipinski definition) is 1. The van der Waals surface area contributed by atoms with Crippen molar-refractivity contribution >= 4 is 5.97 Å². The average molecular weight is 289 g/mol. The number of ether oxygens (including phenoxy) is 2. The van der Waals surface area contributed by atoms with Crippen LogP contribution >= 0.6 is 0 Å². The summed E-state index contributed by atoms with van der Waals surface area (Å²) in [7, 11) is 1.46. The second kappa shape index (κ2) is 6.48. The van der Waals surface area contributed by atoms with Crippen molar-refractivity contribution < 1.29 is 14.3 Å². The molecule has 1 aromatic carbocycles. The number of nitrogens with one attached hydrogen (secondary N) is 1. The lowest BCUT2D eigenvalue weighted by Gasteiger charge is -2.18. The fourth-order valence-electron chi connectivity index (χ4n) is 3.06. The van der Waals surface area contributed by atoms with E-state index in [0.29, 0.717) is 12.3 Å². The molecule has 1 aromatic rings. The van der Waals surface area contributed by atoms with Gasteiger partial charge in [-0.1, -0.05) is 12.1 Å². The first-order chi connectivity index (χ1) is 10.3. The maximum Gasteiger partial charge on any atom is 0.306 e. The number of benzene rings is 1. The Bertz CT molecular complexity index is 493. The smallest absolute Gasteiger partial charge is 0.306 e. The Balaban J connectivity index is 1.71. The molecule has 114 valence electrons. The van der Waals surface area contributed by atoms with Gasteiger partial charge in [0.15, 0.2) is 0 Å². The van der Waals surface area contributed by atoms with Crippen LogP contribution in [0.5, 0.6) is 5.75 Å². The number of carbonyl (C=O) groups excluding carboxylic acids is 1. The van der Waals surface area contributed by atoms with Crippen LogP contribution in [0.2, 0.25) is 0 Å². The van der Waals surface area contributed by atoms with Gasteiger partial charge in [0, 0.05) is 6.54 Å². The van der Waals surface area contributed by atoms with E-state index >= 15 is 0 Å². The van der Waals surface area contributed by atoms with Crippen LogP contribution in [0.15, 0.2) is 24.3 Å². The summed E-state index contributed by atoms with van der Waals surface area (Å²) in [5, 5.41) is 3.31. The molecule has 0 radical (unpaired) electrons. The molecule has 4 nitrogen and oxygen atoms in total. The van der Waals surface area contributed by atoms with Crippen LogP contribution in [0.3, 0.4) is 0 Å². The third-order valence-electron chi connectivity index (χ3n) is 4.41. The fraction of sp³-hybridized carbons (Fsp3) is 0.588. The molecule has 2 unspecified atom stereocenters. The molecule has 2 aliphatic rings. The second-order valence-corrected chi connectivity index (χ2v) is 6.03. The first-order valence-corrected chi connectivity index (χ1v) is 7.80. The first kappa shape index (κ1) is 14.4. The van der Waals surface area contributed by atoms with Crippen molar-refractivity contribution in [2.24, 2.45) is 5.92 Å². The lowest BCUT2D eigenvalue weighted by Crippen LogP contribution is -2.19. The van der Waals surface area contributed by atoms with E-state index in [2.05, 4.69) is 17.4 Å². The minimum absolute atomic E-state index is 0.127. The number of rotatable bonds is 6. The van der Waals surface area contributed by atoms with Crippen LogP contribution in [0.4, 0.5) is 0 Å². The third-order valence-corrected chi connectivity index (χ3v) is 4.41. The van der Waals surface area contributed by atoms with Gasteiger partial charge in [-0.25, -0.2) is 0 Å². The Morgan fingerprint density at radius 2 is 2.24 bits per heavy atom. The maximum absolute atomic E-state index is 11.6. The molecule has 0 spiro atoms. The summed E-state index contributed by atoms with van der Waals surface area (Å²) in [6.45, 7) is 1.94. The van der Waals surface area contributed by atoms with Crippen LogP contribution in [0, 0.1) is 5.92 Å². The third kappa shape index (κ3) is 3.76. The Kier molecular flexibility index (Phi) is 4.44. The van der Waals surface area contributed by atoms with E-state index in [0.717, 1.165) is 25.3 Å². The molecule has 0 amide bonds. The highest BCUT2D eigenvalue weighted by molar-refractivity contribution is 5.70. The van der Waals surface area contributed by atoms with Gasteiger partial charge in [0.1, 0.15) is 11.9 Å². The van der Waals surface area contributed by atoms with E-state index in [4.69, 9.17) is 9.47 Å². The van der Waals surface area contributed by atoms with Crippen molar-refractivity contribution in [3.63, 3.8) is 0 Å². The molecular formula is C17H23NO3. The zero-order valence-electron chi connectivity index (χ0n) is 12.5. The van der Waals surface area contributed by atoms with E-state index in [1.165, 1.54) is 25.5 Å². The molecule has 0 bridgehead atoms. The lowest BCUT2D eigenvalue weighted by molar-refractivity contribution is -0.141. The van der Waals surface area contributed by atoms with Gasteiger partial charge in [0.05, 0.1) is 13.5 Å². The van der Waals surface area contributed by atoms with Crippen molar-refractivity contribution in [3.05, 3.63) is 29.8 Å². The van der Waals surface area contributed by atoms with Gasteiger partial charge in [-0.3, -0.25) is 4.79 Å². The molecule has 1 N–H and O–H groups in total. The summed E-state index contributed by atoms with van der Waals surface area (Å²) in [5.41, 5.74) is 1.20. The lowest BCUT2D eigenvalue weighted by atomic mass is 9.91. The zero-order chi connectivity index (χ0) is 14.7. The quantitative estimate of drug-likeness (QED) is 0.817. The number of esters is 1. The minimum Gasteiger partial charge on any atom is -0.489 e. The van der Waals surface area contributed by atoms with Gasteiger partial charge in [-0.05, 0) is 55.3 Å². The predicted molar refractivity (Wildman–Crippen MR) is 80.4 cm³/mol. The molecular weight excluding hydrogens is 266 g/mol. The predicted octanol–water partition coefficient (Wildman–Crippen LogP) is 2.48. The summed E-state index contributed by atoms with van der Waals surface area (Å²) < 4.78 is 10.9. The van der Waals surface area contributed by atoms with Crippen molar-refractivity contribution in [2.45, 2.75) is 37.7 Å². The summed E-state index contributed by atoms with van der Waals surface area (Å²) >= 11 is 0. The van der Waals surface area contributed by atoms with E-state index in [1.807, 2.05) is 12.1 Å². The SMILES string of the molecule is COC(=O)CC(c1cccc(OC2CCNC2)c1)C1CC1. The molecule has 2 atom stereocenters. The molecule has 3 rings (SSSR count). The summed E-state index contributed by atoms with van der Waals surface area (Å²) in [4.78, 5) is 11.6. The van der Waals surface area contributed by atoms with Crippen LogP contribution in [0.1, 0.15) is 37.2 Å². The molecule has 21 heavy (non-hydrogen) atoms. The molecule has 0 aromatic heterocycles. The van der Waals surface area contributed by atoms with E-state index in [9.17, 15) is 4.79 Å². The van der Waals surface area contributed by atoms with Gasteiger partial charge < -0.3 is 14.8 Å². The Morgan fingerprint density at radius 1 is 1.38 bits per heavy atom. The summed E-state index contributed by atoms with van der Waals surface area (Å²) in [6.07, 6.45) is 4.20. The van der Waals surface area contributed by atoms with Crippen molar-refractivity contribution in [3.8, 4) is 5.75 Å². The van der Waals surface area contributed by atoms with Crippen LogP contribution < -0.4 is 10.1 Å². The molecule has 4 heteroatoms. The van der Waals surface area contributed by atoms with Crippen molar-refractivity contribution in [1.29, 1.82) is 0 Å². The van der Waals surface area contributed by atoms with Crippen LogP contribution in [0.25, 0.3) is 0 Å². The van der Waals surface area contributed by atoms with Crippen molar-refractivity contribution in [1.82, 2.24) is 5.32 Å². The maximum atomic E-state index is 11.6. The first-order valence-electron chi connectivity index (χ1n) is 7.80. The van der Waals surface area contributed by atoms with Gasteiger partial charge in [0.25, 0.3) is 0 Å². The molecule has 1 saturated heterocycles. The Morgan fingerprint density at radius 3 is 2.90 bits per heavy atom. The van der Waals surface area contributed by atoms with Gasteiger partial charge in [0.2, 0.25) is 0 Å². The molecule has 1 saturated carbocycles. The number of carbonyl (C=O) groups is 1. The van der Waals surface area contributed by atoms with Crippen LogP contribution in [-0.4, -0.2) is 32.3 Å². The van der Waals surface area contributed by atoms with E-state index in [-0.39, 0.29) is 18.0 Å². The minimum atomic E-state index is -0.127. The fourth-order valence-corrected chi connectivity index (χ4v) is 3.06. The largest absolute Gasteiger partial charge is 0.489 e. The van der Waals surface area contributed by atoms with Crippen molar-refractivity contribution in [2.75, 3.05) is 20.2 Å². The number of hydrogen-bond acceptors (Lipinski definition) is 4. The highest BCUT2D eigenvalue weighted by atomic mass is 16.5. The molecule has 1 aliphatic heterocycles. The average Bonchev–Trinajstić information content (AvgIpc) is 3.22. The van der Waals surface area contributed by atoms with Gasteiger partial charge in [-0.15, -0.1) is 0 Å². The summed E-state index contributed by atoms with van der Waals surface area (Å²) in [6, 6.07) is 8.24. The molecule has 1 aliphatic carbocycles. The monoisotopic (exact) mass is 289 g/mol. The highest BCUT2D eigenvalue weighted by Gasteiger charge is 2.34. The van der Waals surface area contributed by atoms with Gasteiger partial charge in [-0.2, -0.15) is 0 Å².